The van der Waals surface area contributed by atoms with E-state index in [2.05, 4.69) is 60.8 Å². The summed E-state index contributed by atoms with van der Waals surface area (Å²) in [4.78, 5) is 8.51. The first kappa shape index (κ1) is 13.4. The van der Waals surface area contributed by atoms with E-state index in [-0.39, 0.29) is 0 Å². The lowest BCUT2D eigenvalue weighted by Gasteiger charge is -2.26. The maximum atomic E-state index is 4.33. The largest absolute Gasteiger partial charge is 0.372 e. The highest BCUT2D eigenvalue weighted by Crippen LogP contribution is 2.29. The number of hydrogen-bond acceptors (Lipinski definition) is 4. The summed E-state index contributed by atoms with van der Waals surface area (Å²) < 4.78 is 0.890. The Kier molecular flexibility index (Phi) is 3.87. The van der Waals surface area contributed by atoms with Crippen LogP contribution >= 0.6 is 15.9 Å². The molecule has 0 fully saturated rings. The van der Waals surface area contributed by atoms with E-state index in [4.69, 9.17) is 0 Å². The molecule has 0 saturated carbocycles. The fraction of sp³-hybridized carbons (Fsp3) is 0.333. The van der Waals surface area contributed by atoms with Gasteiger partial charge in [0, 0.05) is 13.1 Å². The van der Waals surface area contributed by atoms with Crippen LogP contribution in [0.4, 0.5) is 11.6 Å². The van der Waals surface area contributed by atoms with Gasteiger partial charge in [0.25, 0.3) is 0 Å². The van der Waals surface area contributed by atoms with Crippen molar-refractivity contribution in [2.24, 2.45) is 0 Å². The molecule has 0 spiro atoms. The first-order chi connectivity index (χ1) is 9.78. The fourth-order valence-electron chi connectivity index (χ4n) is 2.66. The lowest BCUT2D eigenvalue weighted by Crippen LogP contribution is -2.28. The zero-order chi connectivity index (χ0) is 13.9. The molecule has 5 heteroatoms. The molecule has 1 aromatic carbocycles. The number of rotatable bonds is 3. The molecular formula is C15H17BrN4. The van der Waals surface area contributed by atoms with Crippen LogP contribution in [-0.4, -0.2) is 23.1 Å². The van der Waals surface area contributed by atoms with Crippen molar-refractivity contribution in [2.75, 3.05) is 17.7 Å². The highest BCUT2D eigenvalue weighted by atomic mass is 79.9. The second-order valence-electron chi connectivity index (χ2n) is 4.99. The van der Waals surface area contributed by atoms with Gasteiger partial charge in [-0.25, -0.2) is 9.97 Å². The van der Waals surface area contributed by atoms with Crippen molar-refractivity contribution in [3.8, 4) is 0 Å². The highest BCUT2D eigenvalue weighted by Gasteiger charge is 2.19. The van der Waals surface area contributed by atoms with Crippen molar-refractivity contribution < 1.29 is 0 Å². The van der Waals surface area contributed by atoms with Gasteiger partial charge in [-0.2, -0.15) is 0 Å². The smallest absolute Gasteiger partial charge is 0.146 e. The van der Waals surface area contributed by atoms with Gasteiger partial charge in [0.2, 0.25) is 0 Å². The minimum absolute atomic E-state index is 0.417. The van der Waals surface area contributed by atoms with E-state index in [1.54, 1.807) is 6.33 Å². The number of anilines is 2. The standard InChI is InChI=1S/C15H17BrN4/c1-17-14-13(16)15(19-9-18-14)20-12-7-6-10-4-2-3-5-11(10)8-12/h2-5,9,12H,6-8H2,1H3,(H2,17,18,19,20). The van der Waals surface area contributed by atoms with Crippen LogP contribution in [0.3, 0.4) is 0 Å². The maximum absolute atomic E-state index is 4.33. The Labute approximate surface area is 127 Å². The minimum atomic E-state index is 0.417. The third-order valence-corrected chi connectivity index (χ3v) is 4.47. The Morgan fingerprint density at radius 3 is 2.70 bits per heavy atom. The molecular weight excluding hydrogens is 316 g/mol. The number of aromatic nitrogens is 2. The summed E-state index contributed by atoms with van der Waals surface area (Å²) >= 11 is 3.55. The number of nitrogens with zero attached hydrogens (tertiary/aromatic N) is 2. The molecule has 1 aromatic heterocycles. The molecule has 0 amide bonds. The number of halogens is 1. The van der Waals surface area contributed by atoms with Crippen molar-refractivity contribution in [3.05, 3.63) is 46.2 Å². The van der Waals surface area contributed by atoms with Crippen molar-refractivity contribution >= 4 is 27.6 Å². The monoisotopic (exact) mass is 332 g/mol. The Morgan fingerprint density at radius 1 is 1.15 bits per heavy atom. The Bertz CT molecular complexity index is 615. The Morgan fingerprint density at radius 2 is 1.90 bits per heavy atom. The summed E-state index contributed by atoms with van der Waals surface area (Å²) in [6.07, 6.45) is 4.87. The molecule has 104 valence electrons. The number of fused-ring (bicyclic) bond motifs is 1. The molecule has 0 saturated heterocycles. The van der Waals surface area contributed by atoms with Gasteiger partial charge >= 0.3 is 0 Å². The summed E-state index contributed by atoms with van der Waals surface area (Å²) in [7, 11) is 1.85. The first-order valence-electron chi connectivity index (χ1n) is 6.79. The molecule has 1 heterocycles. The predicted molar refractivity (Wildman–Crippen MR) is 85.2 cm³/mol. The van der Waals surface area contributed by atoms with Crippen LogP contribution in [0.15, 0.2) is 35.1 Å². The van der Waals surface area contributed by atoms with Crippen LogP contribution < -0.4 is 10.6 Å². The van der Waals surface area contributed by atoms with Gasteiger partial charge < -0.3 is 10.6 Å². The number of benzene rings is 1. The second kappa shape index (κ2) is 5.79. The van der Waals surface area contributed by atoms with E-state index in [1.807, 2.05) is 7.05 Å². The molecule has 0 radical (unpaired) electrons. The van der Waals surface area contributed by atoms with E-state index < -0.39 is 0 Å². The molecule has 1 aliphatic rings. The van der Waals surface area contributed by atoms with Crippen LogP contribution in [0.25, 0.3) is 0 Å². The molecule has 3 rings (SSSR count). The number of nitrogens with one attached hydrogen (secondary N) is 2. The van der Waals surface area contributed by atoms with Gasteiger partial charge in [0.1, 0.15) is 22.4 Å². The SMILES string of the molecule is CNc1ncnc(NC2CCc3ccccc3C2)c1Br. The predicted octanol–water partition coefficient (Wildman–Crippen LogP) is 3.25. The van der Waals surface area contributed by atoms with Crippen molar-refractivity contribution in [2.45, 2.75) is 25.3 Å². The topological polar surface area (TPSA) is 49.8 Å². The zero-order valence-corrected chi connectivity index (χ0v) is 12.9. The van der Waals surface area contributed by atoms with E-state index in [0.717, 1.165) is 35.4 Å². The van der Waals surface area contributed by atoms with Crippen molar-refractivity contribution in [3.63, 3.8) is 0 Å². The quantitative estimate of drug-likeness (QED) is 0.905. The molecule has 1 aliphatic carbocycles. The first-order valence-corrected chi connectivity index (χ1v) is 7.59. The van der Waals surface area contributed by atoms with Crippen LogP contribution in [-0.2, 0) is 12.8 Å². The molecule has 20 heavy (non-hydrogen) atoms. The van der Waals surface area contributed by atoms with E-state index >= 15 is 0 Å². The Hall–Kier alpha value is -1.62. The normalized spacial score (nSPS) is 17.4. The van der Waals surface area contributed by atoms with E-state index in [9.17, 15) is 0 Å². The van der Waals surface area contributed by atoms with E-state index in [0.29, 0.717) is 6.04 Å². The second-order valence-corrected chi connectivity index (χ2v) is 5.78. The molecule has 0 bridgehead atoms. The molecule has 2 N–H and O–H groups in total. The molecule has 0 aliphatic heterocycles. The number of hydrogen-bond donors (Lipinski definition) is 2. The van der Waals surface area contributed by atoms with Gasteiger partial charge in [-0.15, -0.1) is 0 Å². The summed E-state index contributed by atoms with van der Waals surface area (Å²) in [6.45, 7) is 0. The van der Waals surface area contributed by atoms with Crippen LogP contribution in [0.5, 0.6) is 0 Å². The Balaban J connectivity index is 1.77. The van der Waals surface area contributed by atoms with Gasteiger partial charge in [0.05, 0.1) is 0 Å². The van der Waals surface area contributed by atoms with Gasteiger partial charge in [0.15, 0.2) is 0 Å². The van der Waals surface area contributed by atoms with E-state index in [1.165, 1.54) is 11.1 Å². The summed E-state index contributed by atoms with van der Waals surface area (Å²) in [5, 5.41) is 6.58. The van der Waals surface area contributed by atoms with Crippen LogP contribution in [0.2, 0.25) is 0 Å². The highest BCUT2D eigenvalue weighted by molar-refractivity contribution is 9.10. The van der Waals surface area contributed by atoms with Gasteiger partial charge in [-0.05, 0) is 46.3 Å². The lowest BCUT2D eigenvalue weighted by atomic mass is 9.88. The van der Waals surface area contributed by atoms with Crippen molar-refractivity contribution in [1.29, 1.82) is 0 Å². The van der Waals surface area contributed by atoms with Gasteiger partial charge in [-0.1, -0.05) is 24.3 Å². The average molecular weight is 333 g/mol. The van der Waals surface area contributed by atoms with Crippen LogP contribution in [0.1, 0.15) is 17.5 Å². The summed E-state index contributed by atoms with van der Waals surface area (Å²) in [5.74, 6) is 1.66. The fourth-order valence-corrected chi connectivity index (χ4v) is 3.18. The number of aryl methyl sites for hydroxylation is 1. The lowest BCUT2D eigenvalue weighted by molar-refractivity contribution is 0.608. The average Bonchev–Trinajstić information content (AvgIpc) is 2.49. The third kappa shape index (κ3) is 2.63. The van der Waals surface area contributed by atoms with Gasteiger partial charge in [-0.3, -0.25) is 0 Å². The van der Waals surface area contributed by atoms with Crippen molar-refractivity contribution in [1.82, 2.24) is 9.97 Å². The van der Waals surface area contributed by atoms with Crippen LogP contribution in [0, 0.1) is 0 Å². The summed E-state index contributed by atoms with van der Waals surface area (Å²) in [5.41, 5.74) is 2.92. The minimum Gasteiger partial charge on any atom is -0.372 e. The molecule has 4 nitrogen and oxygen atoms in total. The molecule has 1 unspecified atom stereocenters. The summed E-state index contributed by atoms with van der Waals surface area (Å²) in [6, 6.07) is 9.09. The zero-order valence-electron chi connectivity index (χ0n) is 11.4. The third-order valence-electron chi connectivity index (χ3n) is 3.71. The maximum Gasteiger partial charge on any atom is 0.146 e. The molecule has 1 atom stereocenters. The molecule has 2 aromatic rings.